The molecule has 0 heterocycles. The Balaban J connectivity index is 2.14. The molecule has 2 aromatic carbocycles. The molecule has 0 spiro atoms. The largest absolute Gasteiger partial charge is 0.497 e. The molecule has 0 aliphatic rings. The van der Waals surface area contributed by atoms with E-state index in [1.807, 2.05) is 0 Å². The molecule has 0 radical (unpaired) electrons. The summed E-state index contributed by atoms with van der Waals surface area (Å²) in [5.41, 5.74) is 0.695. The minimum atomic E-state index is -1.20. The Bertz CT molecular complexity index is 632. The lowest BCUT2D eigenvalue weighted by atomic mass is 10.2. The van der Waals surface area contributed by atoms with Crippen LogP contribution in [0.4, 0.5) is 4.39 Å². The molecule has 0 saturated carbocycles. The fraction of sp³-hybridized carbons (Fsp3) is 0.133. The zero-order valence-electron chi connectivity index (χ0n) is 11.1. The quantitative estimate of drug-likeness (QED) is 0.885. The number of carboxylic acid groups (broad SMARTS) is 1. The summed E-state index contributed by atoms with van der Waals surface area (Å²) in [5.74, 6) is -1.22. The molecule has 0 fully saturated rings. The van der Waals surface area contributed by atoms with Gasteiger partial charge in [-0.25, -0.2) is 9.18 Å². The molecule has 21 heavy (non-hydrogen) atoms. The third-order valence-corrected chi connectivity index (χ3v) is 3.38. The van der Waals surface area contributed by atoms with Crippen molar-refractivity contribution in [3.8, 4) is 11.5 Å². The van der Waals surface area contributed by atoms with Gasteiger partial charge in [-0.05, 0) is 45.8 Å². The van der Waals surface area contributed by atoms with E-state index in [4.69, 9.17) is 14.6 Å². The van der Waals surface area contributed by atoms with Crippen LogP contribution in [0.5, 0.6) is 11.5 Å². The van der Waals surface area contributed by atoms with Gasteiger partial charge in [0.25, 0.3) is 0 Å². The molecule has 0 aliphatic carbocycles. The average molecular weight is 355 g/mol. The van der Waals surface area contributed by atoms with Crippen molar-refractivity contribution in [1.29, 1.82) is 0 Å². The maximum absolute atomic E-state index is 13.9. The van der Waals surface area contributed by atoms with Gasteiger partial charge in [-0.15, -0.1) is 0 Å². The molecule has 4 nitrogen and oxygen atoms in total. The maximum atomic E-state index is 13.9. The Kier molecular flexibility index (Phi) is 4.80. The smallest absolute Gasteiger partial charge is 0.335 e. The first-order valence-electron chi connectivity index (χ1n) is 5.99. The minimum absolute atomic E-state index is 0.0178. The molecule has 0 unspecified atom stereocenters. The molecule has 110 valence electrons. The Morgan fingerprint density at radius 2 is 1.95 bits per heavy atom. The van der Waals surface area contributed by atoms with Crippen LogP contribution >= 0.6 is 15.9 Å². The van der Waals surface area contributed by atoms with Crippen LogP contribution in [0.3, 0.4) is 0 Å². The van der Waals surface area contributed by atoms with E-state index in [2.05, 4.69) is 15.9 Å². The third kappa shape index (κ3) is 3.72. The Morgan fingerprint density at radius 1 is 1.29 bits per heavy atom. The van der Waals surface area contributed by atoms with Crippen LogP contribution in [0, 0.1) is 5.82 Å². The molecule has 2 aromatic rings. The van der Waals surface area contributed by atoms with Crippen molar-refractivity contribution in [1.82, 2.24) is 0 Å². The van der Waals surface area contributed by atoms with Gasteiger partial charge in [0, 0.05) is 0 Å². The molecule has 6 heteroatoms. The summed E-state index contributed by atoms with van der Waals surface area (Å²) in [6.07, 6.45) is 0. The molecule has 0 atom stereocenters. The van der Waals surface area contributed by atoms with Crippen molar-refractivity contribution in [2.75, 3.05) is 7.11 Å². The number of ether oxygens (including phenoxy) is 2. The normalized spacial score (nSPS) is 10.2. The second-order valence-corrected chi connectivity index (χ2v) is 5.07. The molecule has 2 rings (SSSR count). The Labute approximate surface area is 129 Å². The summed E-state index contributed by atoms with van der Waals surface area (Å²) in [4.78, 5) is 10.8. The summed E-state index contributed by atoms with van der Waals surface area (Å²) < 4.78 is 24.6. The van der Waals surface area contributed by atoms with E-state index in [1.54, 1.807) is 31.4 Å². The number of hydrogen-bond donors (Lipinski definition) is 1. The number of carbonyl (C=O) groups is 1. The SMILES string of the molecule is COc1ccc(COc2c(F)cc(C(=O)O)cc2Br)cc1. The molecule has 0 bridgehead atoms. The lowest BCUT2D eigenvalue weighted by Gasteiger charge is -2.10. The van der Waals surface area contributed by atoms with Crippen LogP contribution in [0.25, 0.3) is 0 Å². The van der Waals surface area contributed by atoms with Gasteiger partial charge >= 0.3 is 5.97 Å². The van der Waals surface area contributed by atoms with Crippen LogP contribution in [-0.2, 0) is 6.61 Å². The zero-order chi connectivity index (χ0) is 15.4. The second kappa shape index (κ2) is 6.58. The zero-order valence-corrected chi connectivity index (χ0v) is 12.7. The molecule has 0 aromatic heterocycles. The number of benzene rings is 2. The molecular formula is C15H12BrFO4. The van der Waals surface area contributed by atoms with Gasteiger partial charge < -0.3 is 14.6 Å². The first kappa shape index (κ1) is 15.3. The highest BCUT2D eigenvalue weighted by molar-refractivity contribution is 9.10. The van der Waals surface area contributed by atoms with Crippen molar-refractivity contribution in [2.45, 2.75) is 6.61 Å². The van der Waals surface area contributed by atoms with Crippen LogP contribution < -0.4 is 9.47 Å². The van der Waals surface area contributed by atoms with Crippen molar-refractivity contribution < 1.29 is 23.8 Å². The molecule has 1 N–H and O–H groups in total. The van der Waals surface area contributed by atoms with Crippen molar-refractivity contribution in [3.05, 3.63) is 57.8 Å². The fourth-order valence-electron chi connectivity index (χ4n) is 1.70. The number of halogens is 2. The van der Waals surface area contributed by atoms with Gasteiger partial charge in [0.15, 0.2) is 11.6 Å². The highest BCUT2D eigenvalue weighted by Crippen LogP contribution is 2.30. The van der Waals surface area contributed by atoms with Gasteiger partial charge in [-0.2, -0.15) is 0 Å². The third-order valence-electron chi connectivity index (χ3n) is 2.79. The average Bonchev–Trinajstić information content (AvgIpc) is 2.46. The van der Waals surface area contributed by atoms with E-state index in [1.165, 1.54) is 6.07 Å². The molecular weight excluding hydrogens is 343 g/mol. The van der Waals surface area contributed by atoms with E-state index in [9.17, 15) is 9.18 Å². The lowest BCUT2D eigenvalue weighted by molar-refractivity contribution is 0.0696. The van der Waals surface area contributed by atoms with Crippen molar-refractivity contribution in [3.63, 3.8) is 0 Å². The monoisotopic (exact) mass is 354 g/mol. The summed E-state index contributed by atoms with van der Waals surface area (Å²) in [7, 11) is 1.57. The van der Waals surface area contributed by atoms with Crippen molar-refractivity contribution >= 4 is 21.9 Å². The van der Waals surface area contributed by atoms with E-state index in [0.29, 0.717) is 0 Å². The molecule has 0 amide bonds. The first-order valence-corrected chi connectivity index (χ1v) is 6.78. The van der Waals surface area contributed by atoms with Gasteiger partial charge in [0.05, 0.1) is 17.1 Å². The van der Waals surface area contributed by atoms with Crippen molar-refractivity contribution in [2.24, 2.45) is 0 Å². The second-order valence-electron chi connectivity index (χ2n) is 4.21. The van der Waals surface area contributed by atoms with Gasteiger partial charge in [-0.1, -0.05) is 12.1 Å². The minimum Gasteiger partial charge on any atom is -0.497 e. The standard InChI is InChI=1S/C15H12BrFO4/c1-20-11-4-2-9(3-5-11)8-21-14-12(16)6-10(15(18)19)7-13(14)17/h2-7H,8H2,1H3,(H,18,19). The van der Waals surface area contributed by atoms with Gasteiger partial charge in [0.1, 0.15) is 12.4 Å². The number of methoxy groups -OCH3 is 1. The topological polar surface area (TPSA) is 55.8 Å². The number of aromatic carboxylic acids is 1. The van der Waals surface area contributed by atoms with Crippen LogP contribution in [0.2, 0.25) is 0 Å². The predicted molar refractivity (Wildman–Crippen MR) is 78.4 cm³/mol. The Hall–Kier alpha value is -2.08. The van der Waals surface area contributed by atoms with Crippen LogP contribution in [-0.4, -0.2) is 18.2 Å². The molecule has 0 saturated heterocycles. The molecule has 0 aliphatic heterocycles. The van der Waals surface area contributed by atoms with E-state index in [-0.39, 0.29) is 22.4 Å². The fourth-order valence-corrected chi connectivity index (χ4v) is 2.25. The summed E-state index contributed by atoms with van der Waals surface area (Å²) in [5, 5.41) is 8.84. The van der Waals surface area contributed by atoms with E-state index < -0.39 is 11.8 Å². The number of rotatable bonds is 5. The van der Waals surface area contributed by atoms with E-state index in [0.717, 1.165) is 17.4 Å². The maximum Gasteiger partial charge on any atom is 0.335 e. The number of hydrogen-bond acceptors (Lipinski definition) is 3. The summed E-state index contributed by atoms with van der Waals surface area (Å²) in [6.45, 7) is 0.159. The predicted octanol–water partition coefficient (Wildman–Crippen LogP) is 3.87. The highest BCUT2D eigenvalue weighted by Gasteiger charge is 2.14. The van der Waals surface area contributed by atoms with Crippen LogP contribution in [0.1, 0.15) is 15.9 Å². The first-order chi connectivity index (χ1) is 10.0. The van der Waals surface area contributed by atoms with Crippen LogP contribution in [0.15, 0.2) is 40.9 Å². The highest BCUT2D eigenvalue weighted by atomic mass is 79.9. The number of carboxylic acids is 1. The summed E-state index contributed by atoms with van der Waals surface area (Å²) in [6, 6.07) is 9.38. The lowest BCUT2D eigenvalue weighted by Crippen LogP contribution is -2.02. The van der Waals surface area contributed by atoms with Gasteiger partial charge in [-0.3, -0.25) is 0 Å². The van der Waals surface area contributed by atoms with Gasteiger partial charge in [0.2, 0.25) is 0 Å². The summed E-state index contributed by atoms with van der Waals surface area (Å²) >= 11 is 3.11. The van der Waals surface area contributed by atoms with E-state index >= 15 is 0 Å². The Morgan fingerprint density at radius 3 is 2.48 bits per heavy atom.